The summed E-state index contributed by atoms with van der Waals surface area (Å²) >= 11 is 12.1. The first-order valence-electron chi connectivity index (χ1n) is 9.17. The van der Waals surface area contributed by atoms with Crippen LogP contribution in [0.25, 0.3) is 0 Å². The zero-order valence-corrected chi connectivity index (χ0v) is 17.2. The van der Waals surface area contributed by atoms with Crippen LogP contribution < -0.4 is 15.4 Å². The number of ether oxygens (including phenoxy) is 1. The zero-order valence-electron chi connectivity index (χ0n) is 15.7. The smallest absolute Gasteiger partial charge is 0.261 e. The minimum absolute atomic E-state index is 0.0692. The topological polar surface area (TPSA) is 67.4 Å². The molecule has 0 aromatic heterocycles. The quantitative estimate of drug-likeness (QED) is 0.662. The minimum atomic E-state index is -0.740. The number of carbonyl (C=O) groups excluding carboxylic acids is 2. The predicted octanol–water partition coefficient (Wildman–Crippen LogP) is 4.99. The summed E-state index contributed by atoms with van der Waals surface area (Å²) in [5, 5.41) is 6.46. The molecular formula is C21H22Cl2N2O3. The summed E-state index contributed by atoms with van der Waals surface area (Å²) in [6, 6.07) is 12.2. The van der Waals surface area contributed by atoms with E-state index in [9.17, 15) is 9.59 Å². The maximum atomic E-state index is 12.5. The van der Waals surface area contributed by atoms with Crippen molar-refractivity contribution >= 4 is 40.7 Å². The van der Waals surface area contributed by atoms with E-state index in [1.54, 1.807) is 25.1 Å². The third-order valence-corrected chi connectivity index (χ3v) is 5.38. The maximum Gasteiger partial charge on any atom is 0.261 e. The van der Waals surface area contributed by atoms with Gasteiger partial charge in [-0.15, -0.1) is 0 Å². The van der Waals surface area contributed by atoms with Crippen molar-refractivity contribution in [3.05, 3.63) is 58.1 Å². The highest BCUT2D eigenvalue weighted by molar-refractivity contribution is 6.42. The van der Waals surface area contributed by atoms with Crippen molar-refractivity contribution in [3.8, 4) is 5.75 Å². The van der Waals surface area contributed by atoms with Crippen molar-refractivity contribution < 1.29 is 14.3 Å². The Kier molecular flexibility index (Phi) is 6.47. The van der Waals surface area contributed by atoms with Gasteiger partial charge in [-0.05, 0) is 56.5 Å². The van der Waals surface area contributed by atoms with Gasteiger partial charge in [-0.2, -0.15) is 0 Å². The fourth-order valence-corrected chi connectivity index (χ4v) is 3.01. The molecule has 2 N–H and O–H groups in total. The van der Waals surface area contributed by atoms with Crippen LogP contribution in [-0.4, -0.2) is 17.9 Å². The average molecular weight is 421 g/mol. The van der Waals surface area contributed by atoms with Crippen molar-refractivity contribution in [1.29, 1.82) is 0 Å². The molecule has 1 aliphatic rings. The minimum Gasteiger partial charge on any atom is -0.479 e. The second kappa shape index (κ2) is 8.84. The van der Waals surface area contributed by atoms with Gasteiger partial charge in [-0.25, -0.2) is 0 Å². The van der Waals surface area contributed by atoms with Crippen LogP contribution >= 0.6 is 23.2 Å². The molecule has 0 aliphatic heterocycles. The molecule has 0 heterocycles. The largest absolute Gasteiger partial charge is 0.479 e. The Bertz CT molecular complexity index is 866. The van der Waals surface area contributed by atoms with Gasteiger partial charge in [0.15, 0.2) is 6.10 Å². The van der Waals surface area contributed by atoms with Crippen molar-refractivity contribution in [3.63, 3.8) is 0 Å². The van der Waals surface area contributed by atoms with Gasteiger partial charge < -0.3 is 15.4 Å². The molecule has 2 amide bonds. The first-order chi connectivity index (χ1) is 13.3. The van der Waals surface area contributed by atoms with Crippen LogP contribution in [0, 0.1) is 5.92 Å². The molecule has 0 radical (unpaired) electrons. The number of carbonyl (C=O) groups is 2. The Labute approximate surface area is 174 Å². The first-order valence-corrected chi connectivity index (χ1v) is 9.92. The molecule has 1 fully saturated rings. The lowest BCUT2D eigenvalue weighted by Gasteiger charge is -2.20. The van der Waals surface area contributed by atoms with Gasteiger partial charge in [0.2, 0.25) is 5.91 Å². The predicted molar refractivity (Wildman–Crippen MR) is 111 cm³/mol. The Hall–Kier alpha value is -2.24. The summed E-state index contributed by atoms with van der Waals surface area (Å²) in [6.07, 6.45) is 1.19. The van der Waals surface area contributed by atoms with Gasteiger partial charge in [0.05, 0.1) is 11.1 Å². The molecule has 28 heavy (non-hydrogen) atoms. The number of hydrogen-bond acceptors (Lipinski definition) is 3. The highest BCUT2D eigenvalue weighted by Gasteiger charge is 2.29. The first kappa shape index (κ1) is 20.5. The van der Waals surface area contributed by atoms with Gasteiger partial charge in [-0.3, -0.25) is 9.59 Å². The summed E-state index contributed by atoms with van der Waals surface area (Å²) in [5.41, 5.74) is 1.68. The summed E-state index contributed by atoms with van der Waals surface area (Å²) in [6.45, 7) is 3.53. The van der Waals surface area contributed by atoms with Crippen LogP contribution in [0.4, 0.5) is 5.69 Å². The average Bonchev–Trinajstić information content (AvgIpc) is 3.51. The molecular weight excluding hydrogens is 399 g/mol. The van der Waals surface area contributed by atoms with Crippen molar-refractivity contribution in [2.75, 3.05) is 5.32 Å². The van der Waals surface area contributed by atoms with Crippen molar-refractivity contribution in [2.24, 2.45) is 5.92 Å². The molecule has 0 saturated heterocycles. The summed E-state index contributed by atoms with van der Waals surface area (Å²) in [4.78, 5) is 24.3. The summed E-state index contributed by atoms with van der Waals surface area (Å²) < 4.78 is 5.64. The highest BCUT2D eigenvalue weighted by atomic mass is 35.5. The molecule has 2 aromatic carbocycles. The molecule has 0 bridgehead atoms. The fraction of sp³-hybridized carbons (Fsp3) is 0.333. The lowest BCUT2D eigenvalue weighted by molar-refractivity contribution is -0.128. The number of amides is 2. The van der Waals surface area contributed by atoms with Gasteiger partial charge in [0.25, 0.3) is 5.91 Å². The number of rotatable bonds is 7. The van der Waals surface area contributed by atoms with Crippen LogP contribution in [0.1, 0.15) is 38.3 Å². The van der Waals surface area contributed by atoms with Gasteiger partial charge in [0.1, 0.15) is 10.8 Å². The van der Waals surface area contributed by atoms with E-state index in [1.165, 1.54) is 0 Å². The normalized spacial score (nSPS) is 15.4. The second-order valence-corrected chi connectivity index (χ2v) is 7.71. The van der Waals surface area contributed by atoms with E-state index in [0.717, 1.165) is 24.1 Å². The molecule has 0 spiro atoms. The van der Waals surface area contributed by atoms with Crippen molar-refractivity contribution in [1.82, 2.24) is 5.32 Å². The Morgan fingerprint density at radius 3 is 2.39 bits per heavy atom. The Morgan fingerprint density at radius 1 is 1.07 bits per heavy atom. The number of benzene rings is 2. The van der Waals surface area contributed by atoms with Crippen molar-refractivity contribution in [2.45, 2.75) is 38.8 Å². The molecule has 5 nitrogen and oxygen atoms in total. The number of hydrogen-bond donors (Lipinski definition) is 2. The van der Waals surface area contributed by atoms with E-state index in [1.807, 2.05) is 31.2 Å². The van der Waals surface area contributed by atoms with Gasteiger partial charge in [-0.1, -0.05) is 41.4 Å². The second-order valence-electron chi connectivity index (χ2n) is 6.93. The lowest BCUT2D eigenvalue weighted by atomic mass is 10.1. The highest BCUT2D eigenvalue weighted by Crippen LogP contribution is 2.32. The van der Waals surface area contributed by atoms with Crippen LogP contribution in [0.3, 0.4) is 0 Å². The van der Waals surface area contributed by atoms with Crippen LogP contribution in [0.15, 0.2) is 42.5 Å². The molecule has 148 valence electrons. The SMILES string of the molecule is C[C@H](NC(=O)[C@@H](C)Oc1cccc(Cl)c1Cl)c1ccc(NC(=O)C2CC2)cc1. The van der Waals surface area contributed by atoms with E-state index in [4.69, 9.17) is 27.9 Å². The molecule has 1 aliphatic carbocycles. The molecule has 0 unspecified atom stereocenters. The maximum absolute atomic E-state index is 12.5. The number of nitrogens with one attached hydrogen (secondary N) is 2. The molecule has 2 atom stereocenters. The molecule has 7 heteroatoms. The third-order valence-electron chi connectivity index (χ3n) is 4.57. The van der Waals surface area contributed by atoms with Gasteiger partial charge >= 0.3 is 0 Å². The number of halogens is 2. The van der Waals surface area contributed by atoms with E-state index in [0.29, 0.717) is 10.8 Å². The van der Waals surface area contributed by atoms with E-state index < -0.39 is 6.10 Å². The fourth-order valence-electron chi connectivity index (χ4n) is 2.68. The third kappa shape index (κ3) is 5.18. The summed E-state index contributed by atoms with van der Waals surface area (Å²) in [7, 11) is 0. The van der Waals surface area contributed by atoms with E-state index in [-0.39, 0.29) is 28.8 Å². The molecule has 3 rings (SSSR count). The standard InChI is InChI=1S/C21H22Cl2N2O3/c1-12(14-8-10-16(11-9-14)25-21(27)15-6-7-15)24-20(26)13(2)28-18-5-3-4-17(22)19(18)23/h3-5,8-13,15H,6-7H2,1-2H3,(H,24,26)(H,25,27)/t12-,13+/m0/s1. The monoisotopic (exact) mass is 420 g/mol. The van der Waals surface area contributed by atoms with Crippen LogP contribution in [0.5, 0.6) is 5.75 Å². The van der Waals surface area contributed by atoms with E-state index >= 15 is 0 Å². The van der Waals surface area contributed by atoms with Crippen LogP contribution in [0.2, 0.25) is 10.0 Å². The molecule has 1 saturated carbocycles. The number of anilines is 1. The Morgan fingerprint density at radius 2 is 1.75 bits per heavy atom. The van der Waals surface area contributed by atoms with Gasteiger partial charge in [0, 0.05) is 11.6 Å². The summed E-state index contributed by atoms with van der Waals surface area (Å²) in [5.74, 6) is 0.321. The zero-order chi connectivity index (χ0) is 20.3. The van der Waals surface area contributed by atoms with Crippen LogP contribution in [-0.2, 0) is 9.59 Å². The lowest BCUT2D eigenvalue weighted by Crippen LogP contribution is -2.37. The molecule has 2 aromatic rings. The Balaban J connectivity index is 1.55. The van der Waals surface area contributed by atoms with E-state index in [2.05, 4.69) is 10.6 Å².